The zero-order chi connectivity index (χ0) is 14.8. The number of tetrazole rings is 1. The molecule has 3 N–H and O–H groups in total. The minimum absolute atomic E-state index is 0.168. The summed E-state index contributed by atoms with van der Waals surface area (Å²) < 4.78 is 1.47. The summed E-state index contributed by atoms with van der Waals surface area (Å²) in [6.45, 7) is 0. The zero-order valence-corrected chi connectivity index (χ0v) is 10.8. The third-order valence-corrected chi connectivity index (χ3v) is 2.95. The van der Waals surface area contributed by atoms with E-state index in [2.05, 4.69) is 15.5 Å². The molecule has 0 radical (unpaired) electrons. The lowest BCUT2D eigenvalue weighted by atomic mass is 10.1. The van der Waals surface area contributed by atoms with Crippen molar-refractivity contribution in [1.82, 2.24) is 20.2 Å². The molecule has 1 heterocycles. The largest absolute Gasteiger partial charge is 0.478 e. The molecule has 1 aromatic heterocycles. The molecule has 2 aromatic carbocycles. The Morgan fingerprint density at radius 2 is 1.95 bits per heavy atom. The Balaban J connectivity index is 2.11. The molecule has 7 nitrogen and oxygen atoms in total. The van der Waals surface area contributed by atoms with Gasteiger partial charge < -0.3 is 10.8 Å². The monoisotopic (exact) mass is 281 g/mol. The highest BCUT2D eigenvalue weighted by Crippen LogP contribution is 2.21. The normalized spacial score (nSPS) is 10.5. The third-order valence-electron chi connectivity index (χ3n) is 2.95. The van der Waals surface area contributed by atoms with Gasteiger partial charge in [0.25, 0.3) is 0 Å². The molecule has 0 aliphatic rings. The molecule has 0 atom stereocenters. The second-order valence-corrected chi connectivity index (χ2v) is 4.40. The van der Waals surface area contributed by atoms with Gasteiger partial charge in [-0.1, -0.05) is 18.2 Å². The molecule has 0 fully saturated rings. The first-order valence-electron chi connectivity index (χ1n) is 6.13. The summed E-state index contributed by atoms with van der Waals surface area (Å²) in [7, 11) is 0. The Kier molecular flexibility index (Phi) is 3.07. The van der Waals surface area contributed by atoms with E-state index >= 15 is 0 Å². The van der Waals surface area contributed by atoms with Crippen molar-refractivity contribution in [3.05, 3.63) is 54.1 Å². The summed E-state index contributed by atoms with van der Waals surface area (Å²) >= 11 is 0. The number of carboxylic acid groups (broad SMARTS) is 1. The average molecular weight is 281 g/mol. The lowest BCUT2D eigenvalue weighted by molar-refractivity contribution is 0.0697. The van der Waals surface area contributed by atoms with Crippen LogP contribution in [0.25, 0.3) is 17.1 Å². The maximum absolute atomic E-state index is 11.0. The van der Waals surface area contributed by atoms with E-state index in [9.17, 15) is 4.79 Å². The van der Waals surface area contributed by atoms with Crippen LogP contribution < -0.4 is 5.73 Å². The number of nitrogens with zero attached hydrogens (tertiary/aromatic N) is 4. The Hall–Kier alpha value is -3.22. The molecule has 0 amide bonds. The minimum atomic E-state index is -1.00. The van der Waals surface area contributed by atoms with E-state index in [1.165, 1.54) is 16.8 Å². The van der Waals surface area contributed by atoms with Crippen LogP contribution in [0.2, 0.25) is 0 Å². The van der Waals surface area contributed by atoms with E-state index in [4.69, 9.17) is 10.8 Å². The van der Waals surface area contributed by atoms with Crippen molar-refractivity contribution in [2.75, 3.05) is 5.73 Å². The number of carbonyl (C=O) groups is 1. The van der Waals surface area contributed by atoms with E-state index < -0.39 is 5.97 Å². The Labute approximate surface area is 119 Å². The van der Waals surface area contributed by atoms with Gasteiger partial charge in [-0.15, -0.1) is 5.10 Å². The van der Waals surface area contributed by atoms with Crippen LogP contribution in [0.15, 0.2) is 48.5 Å². The number of aromatic carboxylic acids is 1. The van der Waals surface area contributed by atoms with Crippen LogP contribution in [0.3, 0.4) is 0 Å². The van der Waals surface area contributed by atoms with Crippen molar-refractivity contribution in [2.24, 2.45) is 0 Å². The maximum atomic E-state index is 11.0. The number of nitrogen functional groups attached to an aromatic ring is 1. The summed E-state index contributed by atoms with van der Waals surface area (Å²) in [4.78, 5) is 11.0. The van der Waals surface area contributed by atoms with Gasteiger partial charge in [0.2, 0.25) is 0 Å². The lowest BCUT2D eigenvalue weighted by Crippen LogP contribution is -2.03. The molecule has 0 unspecified atom stereocenters. The first kappa shape index (κ1) is 12.8. The summed E-state index contributed by atoms with van der Waals surface area (Å²) in [6.07, 6.45) is 0. The van der Waals surface area contributed by atoms with E-state index in [1.54, 1.807) is 30.3 Å². The fraction of sp³-hybridized carbons (Fsp3) is 0. The maximum Gasteiger partial charge on any atom is 0.335 e. The quantitative estimate of drug-likeness (QED) is 0.706. The molecule has 104 valence electrons. The lowest BCUT2D eigenvalue weighted by Gasteiger charge is -2.06. The molecular formula is C14H11N5O2. The molecule has 0 aliphatic carbocycles. The third kappa shape index (κ3) is 2.44. The molecule has 21 heavy (non-hydrogen) atoms. The van der Waals surface area contributed by atoms with Gasteiger partial charge >= 0.3 is 5.97 Å². The van der Waals surface area contributed by atoms with Gasteiger partial charge in [0.05, 0.1) is 11.3 Å². The van der Waals surface area contributed by atoms with Gasteiger partial charge in [0.15, 0.2) is 5.82 Å². The number of hydrogen-bond acceptors (Lipinski definition) is 5. The van der Waals surface area contributed by atoms with E-state index in [-0.39, 0.29) is 5.56 Å². The summed E-state index contributed by atoms with van der Waals surface area (Å²) in [5.74, 6) is -0.514. The van der Waals surface area contributed by atoms with E-state index in [0.29, 0.717) is 17.2 Å². The van der Waals surface area contributed by atoms with Gasteiger partial charge in [-0.05, 0) is 40.8 Å². The van der Waals surface area contributed by atoms with Crippen LogP contribution in [0.5, 0.6) is 0 Å². The average Bonchev–Trinajstić information content (AvgIpc) is 2.97. The number of aromatic nitrogens is 4. The van der Waals surface area contributed by atoms with Crippen molar-refractivity contribution < 1.29 is 9.90 Å². The number of nitrogens with two attached hydrogens (primary N) is 1. The van der Waals surface area contributed by atoms with Gasteiger partial charge in [-0.3, -0.25) is 0 Å². The van der Waals surface area contributed by atoms with Crippen LogP contribution in [0.1, 0.15) is 10.4 Å². The van der Waals surface area contributed by atoms with Gasteiger partial charge in [-0.25, -0.2) is 4.79 Å². The van der Waals surface area contributed by atoms with Gasteiger partial charge in [0.1, 0.15) is 0 Å². The summed E-state index contributed by atoms with van der Waals surface area (Å²) in [5, 5.41) is 20.6. The van der Waals surface area contributed by atoms with Crippen LogP contribution >= 0.6 is 0 Å². The Morgan fingerprint density at radius 1 is 1.14 bits per heavy atom. The number of benzene rings is 2. The topological polar surface area (TPSA) is 107 Å². The number of hydrogen-bond donors (Lipinski definition) is 2. The molecule has 7 heteroatoms. The summed E-state index contributed by atoms with van der Waals surface area (Å²) in [6, 6.07) is 13.6. The van der Waals surface area contributed by atoms with Crippen molar-refractivity contribution in [1.29, 1.82) is 0 Å². The van der Waals surface area contributed by atoms with Crippen molar-refractivity contribution in [3.63, 3.8) is 0 Å². The zero-order valence-electron chi connectivity index (χ0n) is 10.8. The first-order valence-corrected chi connectivity index (χ1v) is 6.13. The molecule has 0 saturated heterocycles. The molecule has 0 aliphatic heterocycles. The van der Waals surface area contributed by atoms with Crippen molar-refractivity contribution in [2.45, 2.75) is 0 Å². The number of anilines is 1. The Bertz CT molecular complexity index is 812. The molecular weight excluding hydrogens is 270 g/mol. The van der Waals surface area contributed by atoms with Crippen molar-refractivity contribution in [3.8, 4) is 17.1 Å². The highest BCUT2D eigenvalue weighted by molar-refractivity contribution is 5.88. The first-order chi connectivity index (χ1) is 10.1. The summed E-state index contributed by atoms with van der Waals surface area (Å²) in [5.41, 5.74) is 7.85. The molecule has 0 spiro atoms. The fourth-order valence-electron chi connectivity index (χ4n) is 1.99. The molecule has 0 saturated carbocycles. The van der Waals surface area contributed by atoms with Crippen LogP contribution in [0, 0.1) is 0 Å². The van der Waals surface area contributed by atoms with Crippen LogP contribution in [-0.2, 0) is 0 Å². The number of rotatable bonds is 3. The van der Waals surface area contributed by atoms with Gasteiger partial charge in [-0.2, -0.15) is 4.68 Å². The molecule has 3 aromatic rings. The second kappa shape index (κ2) is 5.04. The highest BCUT2D eigenvalue weighted by Gasteiger charge is 2.12. The smallest absolute Gasteiger partial charge is 0.335 e. The van der Waals surface area contributed by atoms with E-state index in [0.717, 1.165) is 5.56 Å². The second-order valence-electron chi connectivity index (χ2n) is 4.40. The van der Waals surface area contributed by atoms with Gasteiger partial charge in [0, 0.05) is 11.3 Å². The number of carboxylic acids is 1. The van der Waals surface area contributed by atoms with Crippen molar-refractivity contribution >= 4 is 11.7 Å². The predicted molar refractivity (Wildman–Crippen MR) is 76.0 cm³/mol. The molecule has 3 rings (SSSR count). The van der Waals surface area contributed by atoms with Crippen LogP contribution in [-0.4, -0.2) is 31.3 Å². The predicted octanol–water partition coefficient (Wildman–Crippen LogP) is 1.61. The molecule has 0 bridgehead atoms. The standard InChI is InChI=1S/C14H11N5O2/c15-11-5-1-3-9(7-11)13-16-17-18-19(13)12-6-2-4-10(8-12)14(20)21/h1-8H,15H2,(H,20,21). The SMILES string of the molecule is Nc1cccc(-c2nnnn2-c2cccc(C(=O)O)c2)c1. The van der Waals surface area contributed by atoms with Crippen LogP contribution in [0.4, 0.5) is 5.69 Å². The highest BCUT2D eigenvalue weighted by atomic mass is 16.4. The Morgan fingerprint density at radius 3 is 2.71 bits per heavy atom. The van der Waals surface area contributed by atoms with E-state index in [1.807, 2.05) is 6.07 Å². The fourth-order valence-corrected chi connectivity index (χ4v) is 1.99. The minimum Gasteiger partial charge on any atom is -0.478 e.